The van der Waals surface area contributed by atoms with Gasteiger partial charge >= 0.3 is 0 Å². The minimum absolute atomic E-state index is 0.259. The maximum atomic E-state index is 12.8. The van der Waals surface area contributed by atoms with Crippen molar-refractivity contribution in [2.24, 2.45) is 0 Å². The van der Waals surface area contributed by atoms with Crippen LogP contribution in [0.3, 0.4) is 0 Å². The van der Waals surface area contributed by atoms with Gasteiger partial charge in [-0.2, -0.15) is 0 Å². The zero-order chi connectivity index (χ0) is 11.8. The van der Waals surface area contributed by atoms with E-state index in [9.17, 15) is 4.39 Å². The summed E-state index contributed by atoms with van der Waals surface area (Å²) >= 11 is 0. The average molecular weight is 225 g/mol. The van der Waals surface area contributed by atoms with Crippen molar-refractivity contribution in [1.82, 2.24) is 5.32 Å². The summed E-state index contributed by atoms with van der Waals surface area (Å²) in [4.78, 5) is 0. The van der Waals surface area contributed by atoms with Crippen LogP contribution in [0.1, 0.15) is 26.7 Å². The Morgan fingerprint density at radius 2 is 2.06 bits per heavy atom. The molecule has 0 atom stereocenters. The minimum atomic E-state index is -0.259. The number of nitrogens with one attached hydrogen (secondary N) is 1. The molecule has 1 aromatic carbocycles. The fourth-order valence-corrected chi connectivity index (χ4v) is 1.57. The number of ether oxygens (including phenoxy) is 1. The minimum Gasteiger partial charge on any atom is -0.492 e. The van der Waals surface area contributed by atoms with Crippen LogP contribution in [0, 0.1) is 5.82 Å². The van der Waals surface area contributed by atoms with Crippen LogP contribution < -0.4 is 10.1 Å². The van der Waals surface area contributed by atoms with Gasteiger partial charge in [-0.05, 0) is 25.0 Å². The molecule has 1 aromatic rings. The molecule has 90 valence electrons. The van der Waals surface area contributed by atoms with E-state index in [0.29, 0.717) is 18.4 Å². The summed E-state index contributed by atoms with van der Waals surface area (Å²) in [5, 5.41) is 3.39. The second kappa shape index (κ2) is 7.23. The van der Waals surface area contributed by atoms with Gasteiger partial charge in [-0.1, -0.05) is 19.9 Å². The SMILES string of the molecule is CCC(CC)NCCOc1cccc(F)c1. The Labute approximate surface area is 96.8 Å². The van der Waals surface area contributed by atoms with Gasteiger partial charge in [0, 0.05) is 18.7 Å². The summed E-state index contributed by atoms with van der Waals surface area (Å²) in [5.74, 6) is 0.330. The molecule has 0 aromatic heterocycles. The van der Waals surface area contributed by atoms with Crippen LogP contribution in [0.2, 0.25) is 0 Å². The van der Waals surface area contributed by atoms with E-state index in [1.807, 2.05) is 0 Å². The molecule has 2 nitrogen and oxygen atoms in total. The van der Waals surface area contributed by atoms with E-state index < -0.39 is 0 Å². The highest BCUT2D eigenvalue weighted by Crippen LogP contribution is 2.11. The lowest BCUT2D eigenvalue weighted by atomic mass is 10.2. The van der Waals surface area contributed by atoms with Gasteiger partial charge in [-0.3, -0.25) is 0 Å². The van der Waals surface area contributed by atoms with E-state index in [2.05, 4.69) is 19.2 Å². The Hall–Kier alpha value is -1.09. The van der Waals surface area contributed by atoms with Crippen molar-refractivity contribution in [3.63, 3.8) is 0 Å². The Balaban J connectivity index is 2.20. The van der Waals surface area contributed by atoms with Crippen molar-refractivity contribution >= 4 is 0 Å². The largest absolute Gasteiger partial charge is 0.492 e. The van der Waals surface area contributed by atoms with Gasteiger partial charge < -0.3 is 10.1 Å². The molecule has 0 saturated heterocycles. The topological polar surface area (TPSA) is 21.3 Å². The zero-order valence-corrected chi connectivity index (χ0v) is 10.0. The van der Waals surface area contributed by atoms with E-state index in [1.165, 1.54) is 12.1 Å². The highest BCUT2D eigenvalue weighted by Gasteiger charge is 2.01. The number of benzene rings is 1. The first-order valence-electron chi connectivity index (χ1n) is 5.88. The van der Waals surface area contributed by atoms with Gasteiger partial charge in [0.05, 0.1) is 0 Å². The summed E-state index contributed by atoms with van der Waals surface area (Å²) in [7, 11) is 0. The van der Waals surface area contributed by atoms with Crippen molar-refractivity contribution in [1.29, 1.82) is 0 Å². The van der Waals surface area contributed by atoms with Crippen LogP contribution in [-0.2, 0) is 0 Å². The summed E-state index contributed by atoms with van der Waals surface area (Å²) in [5.41, 5.74) is 0. The maximum Gasteiger partial charge on any atom is 0.126 e. The van der Waals surface area contributed by atoms with E-state index in [0.717, 1.165) is 19.4 Å². The normalized spacial score (nSPS) is 10.8. The average Bonchev–Trinajstić information content (AvgIpc) is 2.29. The van der Waals surface area contributed by atoms with Gasteiger partial charge in [0.25, 0.3) is 0 Å². The molecular weight excluding hydrogens is 205 g/mol. The molecule has 0 spiro atoms. The molecule has 0 unspecified atom stereocenters. The van der Waals surface area contributed by atoms with Crippen molar-refractivity contribution in [3.05, 3.63) is 30.1 Å². The third-order valence-corrected chi connectivity index (χ3v) is 2.59. The van der Waals surface area contributed by atoms with Gasteiger partial charge in [0.2, 0.25) is 0 Å². The smallest absolute Gasteiger partial charge is 0.126 e. The lowest BCUT2D eigenvalue weighted by Crippen LogP contribution is -2.31. The molecule has 1 rings (SSSR count). The van der Waals surface area contributed by atoms with Crippen LogP contribution in [0.15, 0.2) is 24.3 Å². The lowest BCUT2D eigenvalue weighted by Gasteiger charge is -2.14. The van der Waals surface area contributed by atoms with Crippen molar-refractivity contribution < 1.29 is 9.13 Å². The monoisotopic (exact) mass is 225 g/mol. The van der Waals surface area contributed by atoms with Crippen molar-refractivity contribution in [3.8, 4) is 5.75 Å². The Bertz CT molecular complexity index is 300. The van der Waals surface area contributed by atoms with Gasteiger partial charge in [0.15, 0.2) is 0 Å². The van der Waals surface area contributed by atoms with Crippen molar-refractivity contribution in [2.45, 2.75) is 32.7 Å². The second-order valence-electron chi connectivity index (χ2n) is 3.77. The summed E-state index contributed by atoms with van der Waals surface area (Å²) in [6, 6.07) is 6.78. The van der Waals surface area contributed by atoms with Gasteiger partial charge in [-0.25, -0.2) is 4.39 Å². The Kier molecular flexibility index (Phi) is 5.86. The fraction of sp³-hybridized carbons (Fsp3) is 0.538. The van der Waals surface area contributed by atoms with Crippen LogP contribution in [-0.4, -0.2) is 19.2 Å². The first kappa shape index (κ1) is 13.0. The molecule has 0 aliphatic heterocycles. The molecule has 0 heterocycles. The molecule has 0 fully saturated rings. The summed E-state index contributed by atoms with van der Waals surface area (Å²) in [6.45, 7) is 5.69. The first-order valence-corrected chi connectivity index (χ1v) is 5.88. The quantitative estimate of drug-likeness (QED) is 0.720. The van der Waals surface area contributed by atoms with E-state index in [-0.39, 0.29) is 5.82 Å². The van der Waals surface area contributed by atoms with Crippen LogP contribution in [0.25, 0.3) is 0 Å². The van der Waals surface area contributed by atoms with E-state index in [1.54, 1.807) is 12.1 Å². The summed E-state index contributed by atoms with van der Waals surface area (Å²) < 4.78 is 18.2. The number of hydrogen-bond donors (Lipinski definition) is 1. The van der Waals surface area contributed by atoms with Gasteiger partial charge in [0.1, 0.15) is 18.2 Å². The molecule has 0 amide bonds. The molecule has 3 heteroatoms. The number of halogens is 1. The zero-order valence-electron chi connectivity index (χ0n) is 10.0. The third-order valence-electron chi connectivity index (χ3n) is 2.59. The summed E-state index contributed by atoms with van der Waals surface area (Å²) in [6.07, 6.45) is 2.24. The van der Waals surface area contributed by atoms with Crippen LogP contribution in [0.4, 0.5) is 4.39 Å². The predicted octanol–water partition coefficient (Wildman–Crippen LogP) is 2.98. The molecule has 0 aliphatic carbocycles. The molecule has 16 heavy (non-hydrogen) atoms. The molecule has 0 aliphatic rings. The number of hydrogen-bond acceptors (Lipinski definition) is 2. The van der Waals surface area contributed by atoms with E-state index in [4.69, 9.17) is 4.74 Å². The fourth-order valence-electron chi connectivity index (χ4n) is 1.57. The highest BCUT2D eigenvalue weighted by molar-refractivity contribution is 5.22. The van der Waals surface area contributed by atoms with Crippen LogP contribution in [0.5, 0.6) is 5.75 Å². The first-order chi connectivity index (χ1) is 7.76. The molecule has 0 bridgehead atoms. The third kappa shape index (κ3) is 4.62. The maximum absolute atomic E-state index is 12.8. The lowest BCUT2D eigenvalue weighted by molar-refractivity contribution is 0.301. The Morgan fingerprint density at radius 3 is 2.69 bits per heavy atom. The second-order valence-corrected chi connectivity index (χ2v) is 3.77. The van der Waals surface area contributed by atoms with Gasteiger partial charge in [-0.15, -0.1) is 0 Å². The number of rotatable bonds is 7. The van der Waals surface area contributed by atoms with E-state index >= 15 is 0 Å². The molecule has 0 saturated carbocycles. The van der Waals surface area contributed by atoms with Crippen molar-refractivity contribution in [2.75, 3.05) is 13.2 Å². The van der Waals surface area contributed by atoms with Crippen LogP contribution >= 0.6 is 0 Å². The highest BCUT2D eigenvalue weighted by atomic mass is 19.1. The molecule has 1 N–H and O–H groups in total. The molecular formula is C13H20FNO. The molecule has 0 radical (unpaired) electrons. The Morgan fingerprint density at radius 1 is 1.31 bits per heavy atom. The standard InChI is InChI=1S/C13H20FNO/c1-3-12(4-2)15-8-9-16-13-7-5-6-11(14)10-13/h5-7,10,12,15H,3-4,8-9H2,1-2H3. The predicted molar refractivity (Wildman–Crippen MR) is 64.3 cm³/mol.